The number of carbonyl (C=O) groups is 1. The molecule has 0 unspecified atom stereocenters. The quantitative estimate of drug-likeness (QED) is 0.209. The number of nitrogens with zero attached hydrogens (tertiary/aromatic N) is 7. The second-order valence-electron chi connectivity index (χ2n) is 8.11. The fraction of sp³-hybridized carbons (Fsp3) is 0.333. The Hall–Kier alpha value is -4.36. The number of morpholine rings is 1. The predicted molar refractivity (Wildman–Crippen MR) is 139 cm³/mol. The monoisotopic (exact) mass is 507 g/mol. The number of likely N-dealkylation sites (N-methyl/N-ethyl adjacent to an activating group) is 1. The van der Waals surface area contributed by atoms with Crippen LogP contribution in [0.15, 0.2) is 41.7 Å². The summed E-state index contributed by atoms with van der Waals surface area (Å²) >= 11 is 0. The molecule has 13 nitrogen and oxygen atoms in total. The molecule has 0 radical (unpaired) electrons. The number of nitrogens with one attached hydrogen (secondary N) is 2. The molecule has 1 fully saturated rings. The number of hydroxylamine groups is 1. The SMILES string of the molecule is C=Nc1c(N(C)CCNc2ncc(C(=O)NO)cn2)nc(-c2ccc(OC)cc2)nc1N1CCOCC1. The minimum Gasteiger partial charge on any atom is -0.497 e. The lowest BCUT2D eigenvalue weighted by molar-refractivity contribution is 0.0705. The van der Waals surface area contributed by atoms with Crippen molar-refractivity contribution in [3.05, 3.63) is 42.2 Å². The van der Waals surface area contributed by atoms with E-state index in [9.17, 15) is 4.79 Å². The van der Waals surface area contributed by atoms with Gasteiger partial charge in [-0.1, -0.05) is 0 Å². The number of amides is 1. The molecule has 2 aromatic heterocycles. The van der Waals surface area contributed by atoms with Crippen molar-refractivity contribution in [1.82, 2.24) is 25.4 Å². The smallest absolute Gasteiger partial charge is 0.277 e. The molecule has 194 valence electrons. The number of rotatable bonds is 10. The number of methoxy groups -OCH3 is 1. The highest BCUT2D eigenvalue weighted by molar-refractivity contribution is 5.92. The molecule has 3 heterocycles. The van der Waals surface area contributed by atoms with Gasteiger partial charge in [-0.3, -0.25) is 15.0 Å². The molecule has 1 aliphatic rings. The van der Waals surface area contributed by atoms with E-state index in [1.807, 2.05) is 36.2 Å². The molecule has 0 atom stereocenters. The van der Waals surface area contributed by atoms with Gasteiger partial charge in [0, 0.05) is 51.2 Å². The van der Waals surface area contributed by atoms with Crippen LogP contribution in [0, 0.1) is 0 Å². The lowest BCUT2D eigenvalue weighted by atomic mass is 10.2. The molecule has 3 N–H and O–H groups in total. The average molecular weight is 508 g/mol. The minimum absolute atomic E-state index is 0.148. The summed E-state index contributed by atoms with van der Waals surface area (Å²) in [5, 5.41) is 11.8. The molecule has 0 bridgehead atoms. The average Bonchev–Trinajstić information content (AvgIpc) is 2.96. The number of aliphatic imine (C=N–C) groups is 1. The van der Waals surface area contributed by atoms with Crippen LogP contribution < -0.4 is 25.3 Å². The maximum atomic E-state index is 11.4. The molecular weight excluding hydrogens is 478 g/mol. The molecule has 1 saturated heterocycles. The molecule has 0 aliphatic carbocycles. The Labute approximate surface area is 214 Å². The summed E-state index contributed by atoms with van der Waals surface area (Å²) in [4.78, 5) is 37.7. The van der Waals surface area contributed by atoms with Crippen LogP contribution in [0.2, 0.25) is 0 Å². The topological polar surface area (TPSA) is 150 Å². The first-order valence-corrected chi connectivity index (χ1v) is 11.6. The molecular formula is C24H29N9O4. The van der Waals surface area contributed by atoms with Gasteiger partial charge in [-0.25, -0.2) is 25.4 Å². The van der Waals surface area contributed by atoms with Gasteiger partial charge in [-0.05, 0) is 31.0 Å². The van der Waals surface area contributed by atoms with Crippen molar-refractivity contribution in [2.75, 3.05) is 68.7 Å². The Bertz CT molecular complexity index is 1220. The third-order valence-electron chi connectivity index (χ3n) is 5.77. The number of aromatic nitrogens is 4. The number of carbonyl (C=O) groups excluding carboxylic acids is 1. The van der Waals surface area contributed by atoms with Gasteiger partial charge in [0.15, 0.2) is 17.5 Å². The van der Waals surface area contributed by atoms with Crippen molar-refractivity contribution in [2.45, 2.75) is 0 Å². The first-order valence-electron chi connectivity index (χ1n) is 11.6. The van der Waals surface area contributed by atoms with Gasteiger partial charge in [-0.2, -0.15) is 0 Å². The number of anilines is 3. The Morgan fingerprint density at radius 1 is 1.22 bits per heavy atom. The van der Waals surface area contributed by atoms with Gasteiger partial charge in [0.25, 0.3) is 5.91 Å². The first kappa shape index (κ1) is 25.7. The van der Waals surface area contributed by atoms with E-state index in [0.717, 1.165) is 11.3 Å². The lowest BCUT2D eigenvalue weighted by Gasteiger charge is -2.30. The molecule has 1 aliphatic heterocycles. The predicted octanol–water partition coefficient (Wildman–Crippen LogP) is 1.78. The molecule has 37 heavy (non-hydrogen) atoms. The first-order chi connectivity index (χ1) is 18.0. The number of hydrogen-bond acceptors (Lipinski definition) is 12. The van der Waals surface area contributed by atoms with Crippen molar-refractivity contribution in [1.29, 1.82) is 0 Å². The van der Waals surface area contributed by atoms with Crippen LogP contribution >= 0.6 is 0 Å². The third kappa shape index (κ3) is 6.08. The standard InChI is InChI=1S/C24H29N9O4/c1-25-19-21(32(2)9-8-26-24-27-14-17(15-28-24)23(34)31-35)29-20(16-4-6-18(36-3)7-5-16)30-22(19)33-10-12-37-13-11-33/h4-7,14-15,35H,1,8-13H2,2-3H3,(H,31,34)(H,26,27,28). The van der Waals surface area contributed by atoms with Crippen LogP contribution in [0.25, 0.3) is 11.4 Å². The van der Waals surface area contributed by atoms with Crippen molar-refractivity contribution in [3.63, 3.8) is 0 Å². The third-order valence-corrected chi connectivity index (χ3v) is 5.77. The van der Waals surface area contributed by atoms with Crippen LogP contribution in [-0.4, -0.2) is 91.3 Å². The summed E-state index contributed by atoms with van der Waals surface area (Å²) in [6.07, 6.45) is 2.65. The van der Waals surface area contributed by atoms with Crippen molar-refractivity contribution < 1.29 is 19.5 Å². The van der Waals surface area contributed by atoms with Crippen LogP contribution in [0.4, 0.5) is 23.3 Å². The maximum Gasteiger partial charge on any atom is 0.277 e. The Kier molecular flexibility index (Phi) is 8.38. The van der Waals surface area contributed by atoms with Crippen LogP contribution in [-0.2, 0) is 4.74 Å². The normalized spacial score (nSPS) is 13.1. The van der Waals surface area contributed by atoms with Crippen molar-refractivity contribution in [3.8, 4) is 17.1 Å². The van der Waals surface area contributed by atoms with E-state index in [4.69, 9.17) is 24.6 Å². The number of ether oxygens (including phenoxy) is 2. The molecule has 1 aromatic carbocycles. The summed E-state index contributed by atoms with van der Waals surface area (Å²) in [5.74, 6) is 2.32. The zero-order chi connectivity index (χ0) is 26.2. The van der Waals surface area contributed by atoms with Gasteiger partial charge in [0.2, 0.25) is 5.95 Å². The second-order valence-corrected chi connectivity index (χ2v) is 8.11. The zero-order valence-corrected chi connectivity index (χ0v) is 20.7. The zero-order valence-electron chi connectivity index (χ0n) is 20.7. The highest BCUT2D eigenvalue weighted by atomic mass is 16.5. The molecule has 0 saturated carbocycles. The molecule has 1 amide bonds. The Morgan fingerprint density at radius 3 is 2.54 bits per heavy atom. The molecule has 3 aromatic rings. The van der Waals surface area contributed by atoms with E-state index in [0.29, 0.717) is 68.5 Å². The van der Waals surface area contributed by atoms with E-state index in [1.54, 1.807) is 12.6 Å². The fourth-order valence-corrected chi connectivity index (χ4v) is 3.75. The van der Waals surface area contributed by atoms with Crippen LogP contribution in [0.5, 0.6) is 5.75 Å². The van der Waals surface area contributed by atoms with E-state index in [-0.39, 0.29) is 5.56 Å². The second kappa shape index (κ2) is 12.1. The van der Waals surface area contributed by atoms with E-state index < -0.39 is 5.91 Å². The van der Waals surface area contributed by atoms with Crippen LogP contribution in [0.1, 0.15) is 10.4 Å². The van der Waals surface area contributed by atoms with E-state index >= 15 is 0 Å². The van der Waals surface area contributed by atoms with Gasteiger partial charge in [-0.15, -0.1) is 0 Å². The van der Waals surface area contributed by atoms with Gasteiger partial charge in [0.05, 0.1) is 25.9 Å². The molecule has 4 rings (SSSR count). The summed E-state index contributed by atoms with van der Waals surface area (Å²) in [5.41, 5.74) is 3.14. The van der Waals surface area contributed by atoms with Gasteiger partial charge in [0.1, 0.15) is 11.4 Å². The molecule has 13 heteroatoms. The van der Waals surface area contributed by atoms with E-state index in [1.165, 1.54) is 12.4 Å². The number of benzene rings is 1. The summed E-state index contributed by atoms with van der Waals surface area (Å²) in [6, 6.07) is 7.58. The maximum absolute atomic E-state index is 11.4. The summed E-state index contributed by atoms with van der Waals surface area (Å²) in [7, 11) is 3.54. The molecule has 0 spiro atoms. The van der Waals surface area contributed by atoms with Gasteiger partial charge >= 0.3 is 0 Å². The highest BCUT2D eigenvalue weighted by Crippen LogP contribution is 2.37. The summed E-state index contributed by atoms with van der Waals surface area (Å²) < 4.78 is 10.8. The highest BCUT2D eigenvalue weighted by Gasteiger charge is 2.23. The fourth-order valence-electron chi connectivity index (χ4n) is 3.75. The van der Waals surface area contributed by atoms with Crippen molar-refractivity contribution >= 4 is 35.9 Å². The Morgan fingerprint density at radius 2 is 1.92 bits per heavy atom. The number of hydrogen-bond donors (Lipinski definition) is 3. The Balaban J connectivity index is 1.58. The van der Waals surface area contributed by atoms with Gasteiger partial charge < -0.3 is 24.6 Å². The largest absolute Gasteiger partial charge is 0.497 e. The minimum atomic E-state index is -0.678. The van der Waals surface area contributed by atoms with Crippen molar-refractivity contribution in [2.24, 2.45) is 4.99 Å². The van der Waals surface area contributed by atoms with Crippen LogP contribution in [0.3, 0.4) is 0 Å². The lowest BCUT2D eigenvalue weighted by Crippen LogP contribution is -2.37. The summed E-state index contributed by atoms with van der Waals surface area (Å²) in [6.45, 7) is 7.39. The van der Waals surface area contributed by atoms with E-state index in [2.05, 4.69) is 31.9 Å².